The highest BCUT2D eigenvalue weighted by molar-refractivity contribution is 9.10. The van der Waals surface area contributed by atoms with Crippen LogP contribution in [0, 0.1) is 11.6 Å². The first kappa shape index (κ1) is 13.3. The number of amides is 1. The summed E-state index contributed by atoms with van der Waals surface area (Å²) in [6.45, 7) is 1.14. The highest BCUT2D eigenvalue weighted by Crippen LogP contribution is 2.25. The molecule has 18 heavy (non-hydrogen) atoms. The van der Waals surface area contributed by atoms with E-state index in [1.54, 1.807) is 4.90 Å². The Labute approximate surface area is 112 Å². The molecule has 3 nitrogen and oxygen atoms in total. The van der Waals surface area contributed by atoms with Crippen molar-refractivity contribution in [3.8, 4) is 5.75 Å². The molecule has 1 aromatic carbocycles. The molecule has 0 bridgehead atoms. The van der Waals surface area contributed by atoms with Gasteiger partial charge in [-0.2, -0.15) is 4.39 Å². The maximum Gasteiger partial charge on any atom is 0.260 e. The molecule has 0 spiro atoms. The Balaban J connectivity index is 1.99. The number of hydrogen-bond donors (Lipinski definition) is 0. The summed E-state index contributed by atoms with van der Waals surface area (Å²) in [7, 11) is 0. The van der Waals surface area contributed by atoms with E-state index < -0.39 is 11.6 Å². The minimum Gasteiger partial charge on any atom is -0.481 e. The molecule has 1 saturated heterocycles. The molecule has 1 aliphatic heterocycles. The van der Waals surface area contributed by atoms with Crippen molar-refractivity contribution in [3.05, 3.63) is 28.2 Å². The summed E-state index contributed by atoms with van der Waals surface area (Å²) in [6.07, 6.45) is 1.96. The molecule has 1 heterocycles. The Hall–Kier alpha value is -1.17. The Kier molecular flexibility index (Phi) is 4.16. The third kappa shape index (κ3) is 2.98. The van der Waals surface area contributed by atoms with Crippen molar-refractivity contribution in [2.24, 2.45) is 0 Å². The van der Waals surface area contributed by atoms with Gasteiger partial charge >= 0.3 is 0 Å². The second-order valence-corrected chi connectivity index (χ2v) is 4.99. The normalized spacial score (nSPS) is 14.9. The lowest BCUT2D eigenvalue weighted by molar-refractivity contribution is -0.132. The largest absolute Gasteiger partial charge is 0.481 e. The number of hydrogen-bond acceptors (Lipinski definition) is 2. The van der Waals surface area contributed by atoms with Gasteiger partial charge in [0, 0.05) is 17.6 Å². The molecule has 1 amide bonds. The number of carbonyl (C=O) groups excluding carboxylic acids is 1. The fourth-order valence-corrected chi connectivity index (χ4v) is 2.24. The monoisotopic (exact) mass is 319 g/mol. The third-order valence-electron chi connectivity index (χ3n) is 2.77. The standard InChI is InChI=1S/C12H12BrF2NO2/c13-8-5-9(14)12(15)10(6-8)18-7-11(17)16-3-1-2-4-16/h5-6H,1-4,7H2. The summed E-state index contributed by atoms with van der Waals surface area (Å²) in [5.41, 5.74) is 0. The summed E-state index contributed by atoms with van der Waals surface area (Å²) < 4.78 is 31.9. The molecule has 0 N–H and O–H groups in total. The van der Waals surface area contributed by atoms with Gasteiger partial charge in [0.2, 0.25) is 5.82 Å². The summed E-state index contributed by atoms with van der Waals surface area (Å²) in [5.74, 6) is -2.54. The molecule has 0 radical (unpaired) electrons. The van der Waals surface area contributed by atoms with Crippen LogP contribution in [-0.4, -0.2) is 30.5 Å². The van der Waals surface area contributed by atoms with Crippen molar-refractivity contribution in [3.63, 3.8) is 0 Å². The number of benzene rings is 1. The zero-order valence-corrected chi connectivity index (χ0v) is 11.2. The highest BCUT2D eigenvalue weighted by atomic mass is 79.9. The lowest BCUT2D eigenvalue weighted by Gasteiger charge is -2.15. The summed E-state index contributed by atoms with van der Waals surface area (Å²) in [5, 5.41) is 0. The first-order valence-electron chi connectivity index (χ1n) is 5.63. The van der Waals surface area contributed by atoms with Gasteiger partial charge in [-0.25, -0.2) is 4.39 Å². The number of rotatable bonds is 3. The predicted octanol–water partition coefficient (Wildman–Crippen LogP) is 2.73. The van der Waals surface area contributed by atoms with Crippen LogP contribution in [0.2, 0.25) is 0 Å². The van der Waals surface area contributed by atoms with Crippen LogP contribution in [0.3, 0.4) is 0 Å². The van der Waals surface area contributed by atoms with E-state index in [9.17, 15) is 13.6 Å². The number of ether oxygens (including phenoxy) is 1. The summed E-state index contributed by atoms with van der Waals surface area (Å²) in [4.78, 5) is 13.3. The van der Waals surface area contributed by atoms with Crippen molar-refractivity contribution in [2.75, 3.05) is 19.7 Å². The quantitative estimate of drug-likeness (QED) is 0.802. The number of nitrogens with zero attached hydrogens (tertiary/aromatic N) is 1. The lowest BCUT2D eigenvalue weighted by Crippen LogP contribution is -2.32. The SMILES string of the molecule is O=C(COc1cc(Br)cc(F)c1F)N1CCCC1. The minimum absolute atomic E-state index is 0.202. The van der Waals surface area contributed by atoms with Gasteiger partial charge in [0.15, 0.2) is 18.2 Å². The molecule has 0 saturated carbocycles. The van der Waals surface area contributed by atoms with Crippen LogP contribution in [0.4, 0.5) is 8.78 Å². The van der Waals surface area contributed by atoms with Crippen LogP contribution in [0.1, 0.15) is 12.8 Å². The van der Waals surface area contributed by atoms with E-state index in [-0.39, 0.29) is 18.3 Å². The topological polar surface area (TPSA) is 29.5 Å². The van der Waals surface area contributed by atoms with Crippen LogP contribution in [0.5, 0.6) is 5.75 Å². The fraction of sp³-hybridized carbons (Fsp3) is 0.417. The average molecular weight is 320 g/mol. The number of halogens is 3. The first-order chi connectivity index (χ1) is 8.58. The molecule has 2 rings (SSSR count). The van der Waals surface area contributed by atoms with E-state index in [0.29, 0.717) is 17.6 Å². The Morgan fingerprint density at radius 2 is 2.00 bits per heavy atom. The Morgan fingerprint density at radius 3 is 2.67 bits per heavy atom. The third-order valence-corrected chi connectivity index (χ3v) is 3.23. The molecular weight excluding hydrogens is 308 g/mol. The number of likely N-dealkylation sites (tertiary alicyclic amines) is 1. The number of carbonyl (C=O) groups is 1. The van der Waals surface area contributed by atoms with E-state index in [2.05, 4.69) is 15.9 Å². The first-order valence-corrected chi connectivity index (χ1v) is 6.42. The second kappa shape index (κ2) is 5.65. The molecule has 0 aliphatic carbocycles. The molecule has 1 aromatic rings. The molecule has 1 aliphatic rings. The average Bonchev–Trinajstić information content (AvgIpc) is 2.85. The Morgan fingerprint density at radius 1 is 1.33 bits per heavy atom. The smallest absolute Gasteiger partial charge is 0.260 e. The predicted molar refractivity (Wildman–Crippen MR) is 65.4 cm³/mol. The zero-order chi connectivity index (χ0) is 13.1. The van der Waals surface area contributed by atoms with Gasteiger partial charge in [0.25, 0.3) is 5.91 Å². The molecule has 0 atom stereocenters. The van der Waals surface area contributed by atoms with Crippen molar-refractivity contribution < 1.29 is 18.3 Å². The van der Waals surface area contributed by atoms with Gasteiger partial charge in [-0.05, 0) is 25.0 Å². The van der Waals surface area contributed by atoms with Crippen molar-refractivity contribution in [2.45, 2.75) is 12.8 Å². The highest BCUT2D eigenvalue weighted by Gasteiger charge is 2.19. The van der Waals surface area contributed by atoms with Crippen LogP contribution in [-0.2, 0) is 4.79 Å². The van der Waals surface area contributed by atoms with E-state index in [0.717, 1.165) is 18.9 Å². The minimum atomic E-state index is -1.08. The van der Waals surface area contributed by atoms with Gasteiger partial charge < -0.3 is 9.64 Å². The van der Waals surface area contributed by atoms with Gasteiger partial charge in [-0.3, -0.25) is 4.79 Å². The zero-order valence-electron chi connectivity index (χ0n) is 9.59. The molecule has 0 aromatic heterocycles. The molecule has 1 fully saturated rings. The van der Waals surface area contributed by atoms with Gasteiger partial charge in [-0.1, -0.05) is 15.9 Å². The molecule has 98 valence electrons. The van der Waals surface area contributed by atoms with Crippen molar-refractivity contribution in [1.29, 1.82) is 0 Å². The molecule has 6 heteroatoms. The van der Waals surface area contributed by atoms with Crippen molar-refractivity contribution >= 4 is 21.8 Å². The molecule has 0 unspecified atom stereocenters. The van der Waals surface area contributed by atoms with Crippen LogP contribution >= 0.6 is 15.9 Å². The van der Waals surface area contributed by atoms with Crippen LogP contribution in [0.25, 0.3) is 0 Å². The maximum atomic E-state index is 13.4. The van der Waals surface area contributed by atoms with E-state index in [1.807, 2.05) is 0 Å². The Bertz CT molecular complexity index is 462. The van der Waals surface area contributed by atoms with Crippen molar-refractivity contribution in [1.82, 2.24) is 4.90 Å². The van der Waals surface area contributed by atoms with Crippen LogP contribution in [0.15, 0.2) is 16.6 Å². The van der Waals surface area contributed by atoms with Gasteiger partial charge in [0.05, 0.1) is 0 Å². The van der Waals surface area contributed by atoms with Gasteiger partial charge in [-0.15, -0.1) is 0 Å². The van der Waals surface area contributed by atoms with E-state index in [4.69, 9.17) is 4.74 Å². The summed E-state index contributed by atoms with van der Waals surface area (Å²) in [6, 6.07) is 2.31. The van der Waals surface area contributed by atoms with E-state index >= 15 is 0 Å². The second-order valence-electron chi connectivity index (χ2n) is 4.08. The molecular formula is C12H12BrF2NO2. The van der Waals surface area contributed by atoms with E-state index in [1.165, 1.54) is 6.07 Å². The fourth-order valence-electron chi connectivity index (χ4n) is 1.83. The lowest BCUT2D eigenvalue weighted by atomic mass is 10.3. The maximum absolute atomic E-state index is 13.4. The van der Waals surface area contributed by atoms with Gasteiger partial charge in [0.1, 0.15) is 0 Å². The summed E-state index contributed by atoms with van der Waals surface area (Å²) >= 11 is 3.04. The van der Waals surface area contributed by atoms with Crippen LogP contribution < -0.4 is 4.74 Å².